The summed E-state index contributed by atoms with van der Waals surface area (Å²) < 4.78 is 0. The molecule has 0 aliphatic carbocycles. The monoisotopic (exact) mass is 252 g/mol. The molecule has 0 nitrogen and oxygen atoms in total. The van der Waals surface area contributed by atoms with Crippen LogP contribution in [0.4, 0.5) is 0 Å². The smallest absolute Gasteiger partial charge is 0.0187 e. The van der Waals surface area contributed by atoms with Gasteiger partial charge in [0.15, 0.2) is 0 Å². The first kappa shape index (κ1) is 15.2. The summed E-state index contributed by atoms with van der Waals surface area (Å²) in [6.07, 6.45) is 15.3. The van der Waals surface area contributed by atoms with Gasteiger partial charge in [0.1, 0.15) is 0 Å². The molecule has 0 radical (unpaired) electrons. The summed E-state index contributed by atoms with van der Waals surface area (Å²) in [4.78, 5) is 0. The fraction of sp³-hybridized carbons (Fsp3) is 0.263. The fourth-order valence-corrected chi connectivity index (χ4v) is 1.79. The van der Waals surface area contributed by atoms with Crippen molar-refractivity contribution in [2.45, 2.75) is 33.6 Å². The van der Waals surface area contributed by atoms with Crippen molar-refractivity contribution in [3.63, 3.8) is 0 Å². The van der Waals surface area contributed by atoms with Gasteiger partial charge in [0, 0.05) is 0 Å². The van der Waals surface area contributed by atoms with Gasteiger partial charge in [-0.1, -0.05) is 72.4 Å². The maximum absolute atomic E-state index is 2.31. The summed E-state index contributed by atoms with van der Waals surface area (Å²) in [5.74, 6) is 0. The second-order valence-corrected chi connectivity index (χ2v) is 4.54. The van der Waals surface area contributed by atoms with Crippen LogP contribution in [0, 0.1) is 0 Å². The van der Waals surface area contributed by atoms with Crippen molar-refractivity contribution in [1.29, 1.82) is 0 Å². The minimum atomic E-state index is 1.07. The van der Waals surface area contributed by atoms with Crippen molar-refractivity contribution < 1.29 is 0 Å². The average molecular weight is 252 g/mol. The summed E-state index contributed by atoms with van der Waals surface area (Å²) in [7, 11) is 0. The van der Waals surface area contributed by atoms with Crippen molar-refractivity contribution in [2.75, 3.05) is 0 Å². The van der Waals surface area contributed by atoms with Gasteiger partial charge in [-0.3, -0.25) is 0 Å². The highest BCUT2D eigenvalue weighted by Crippen LogP contribution is 2.17. The number of benzene rings is 1. The molecule has 19 heavy (non-hydrogen) atoms. The number of hydrogen-bond donors (Lipinski definition) is 0. The molecule has 0 unspecified atom stereocenters. The molecule has 0 aliphatic rings. The number of rotatable bonds is 6. The quantitative estimate of drug-likeness (QED) is 0.433. The van der Waals surface area contributed by atoms with Crippen LogP contribution >= 0.6 is 0 Å². The molecular formula is C19H24. The van der Waals surface area contributed by atoms with Crippen molar-refractivity contribution in [3.05, 3.63) is 77.9 Å². The van der Waals surface area contributed by atoms with E-state index < -0.39 is 0 Å². The minimum Gasteiger partial charge on any atom is -0.0871 e. The summed E-state index contributed by atoms with van der Waals surface area (Å²) >= 11 is 0. The van der Waals surface area contributed by atoms with E-state index in [4.69, 9.17) is 0 Å². The fourth-order valence-electron chi connectivity index (χ4n) is 1.79. The van der Waals surface area contributed by atoms with E-state index in [1.807, 2.05) is 0 Å². The van der Waals surface area contributed by atoms with E-state index in [0.29, 0.717) is 0 Å². The molecule has 0 atom stereocenters. The van der Waals surface area contributed by atoms with Crippen molar-refractivity contribution >= 4 is 5.57 Å². The van der Waals surface area contributed by atoms with E-state index in [0.717, 1.165) is 12.8 Å². The zero-order valence-electron chi connectivity index (χ0n) is 12.3. The van der Waals surface area contributed by atoms with E-state index in [2.05, 4.69) is 87.6 Å². The van der Waals surface area contributed by atoms with Crippen molar-refractivity contribution in [1.82, 2.24) is 0 Å². The molecule has 0 fully saturated rings. The second kappa shape index (κ2) is 9.16. The summed E-state index contributed by atoms with van der Waals surface area (Å²) in [5.41, 5.74) is 3.91. The van der Waals surface area contributed by atoms with Gasteiger partial charge >= 0.3 is 0 Å². The Labute approximate surface area is 117 Å². The molecule has 0 amide bonds. The topological polar surface area (TPSA) is 0 Å². The highest BCUT2D eigenvalue weighted by molar-refractivity contribution is 5.73. The van der Waals surface area contributed by atoms with Gasteiger partial charge in [-0.05, 0) is 44.7 Å². The molecular weight excluding hydrogens is 228 g/mol. The molecule has 0 aliphatic heterocycles. The van der Waals surface area contributed by atoms with Gasteiger partial charge < -0.3 is 0 Å². The molecule has 100 valence electrons. The summed E-state index contributed by atoms with van der Waals surface area (Å²) in [6, 6.07) is 10.5. The van der Waals surface area contributed by atoms with E-state index in [1.54, 1.807) is 0 Å². The lowest BCUT2D eigenvalue weighted by molar-refractivity contribution is 1.05. The van der Waals surface area contributed by atoms with Gasteiger partial charge in [0.2, 0.25) is 0 Å². The third kappa shape index (κ3) is 6.05. The van der Waals surface area contributed by atoms with Gasteiger partial charge in [-0.15, -0.1) is 0 Å². The van der Waals surface area contributed by atoms with Crippen molar-refractivity contribution in [2.24, 2.45) is 0 Å². The maximum Gasteiger partial charge on any atom is -0.0187 e. The van der Waals surface area contributed by atoms with Crippen LogP contribution in [0.5, 0.6) is 0 Å². The van der Waals surface area contributed by atoms with E-state index in [-0.39, 0.29) is 0 Å². The van der Waals surface area contributed by atoms with Gasteiger partial charge in [-0.25, -0.2) is 0 Å². The number of hydrogen-bond acceptors (Lipinski definition) is 0. The maximum atomic E-state index is 2.31. The highest BCUT2D eigenvalue weighted by atomic mass is 14.0. The lowest BCUT2D eigenvalue weighted by Gasteiger charge is -2.02. The first-order valence-corrected chi connectivity index (χ1v) is 6.95. The Hall–Kier alpha value is -1.82. The summed E-state index contributed by atoms with van der Waals surface area (Å²) in [5, 5.41) is 0. The Bertz CT molecular complexity index is 470. The standard InChI is InChI=1S/C19H24/c1-4-12-18(19-15-10-7-11-16-19)14-9-6-8-13-17(3)5-2/h4-5,7-8,10-16H,6,9H2,1-3H3/b12-4-,13-8-,17-5-,18-14+. The molecule has 1 aromatic rings. The van der Waals surface area contributed by atoms with Crippen LogP contribution in [0.15, 0.2) is 72.4 Å². The van der Waals surface area contributed by atoms with Crippen LogP contribution in [0.25, 0.3) is 5.57 Å². The third-order valence-electron chi connectivity index (χ3n) is 2.99. The summed E-state index contributed by atoms with van der Waals surface area (Å²) in [6.45, 7) is 6.26. The lowest BCUT2D eigenvalue weighted by Crippen LogP contribution is -1.80. The molecule has 0 bridgehead atoms. The van der Waals surface area contributed by atoms with Gasteiger partial charge in [0.05, 0.1) is 0 Å². The average Bonchev–Trinajstić information content (AvgIpc) is 2.46. The SMILES string of the molecule is C/C=C\C(=C/CC/C=C\C(C)=C/C)c1ccccc1. The molecule has 0 aromatic heterocycles. The van der Waals surface area contributed by atoms with Crippen LogP contribution in [-0.4, -0.2) is 0 Å². The van der Waals surface area contributed by atoms with E-state index >= 15 is 0 Å². The molecule has 0 saturated carbocycles. The van der Waals surface area contributed by atoms with Crippen LogP contribution in [0.2, 0.25) is 0 Å². The zero-order chi connectivity index (χ0) is 13.9. The number of unbranched alkanes of at least 4 members (excludes halogenated alkanes) is 1. The first-order valence-electron chi connectivity index (χ1n) is 6.95. The molecule has 1 rings (SSSR count). The van der Waals surface area contributed by atoms with Gasteiger partial charge in [-0.2, -0.15) is 0 Å². The Morgan fingerprint density at radius 1 is 1.00 bits per heavy atom. The Morgan fingerprint density at radius 2 is 1.74 bits per heavy atom. The Morgan fingerprint density at radius 3 is 2.37 bits per heavy atom. The normalized spacial score (nSPS) is 13.6. The number of allylic oxidation sites excluding steroid dienone is 8. The molecule has 0 saturated heterocycles. The molecule has 1 aromatic carbocycles. The van der Waals surface area contributed by atoms with Gasteiger partial charge in [0.25, 0.3) is 0 Å². The highest BCUT2D eigenvalue weighted by Gasteiger charge is 1.95. The van der Waals surface area contributed by atoms with E-state index in [1.165, 1.54) is 16.7 Å². The van der Waals surface area contributed by atoms with Crippen molar-refractivity contribution in [3.8, 4) is 0 Å². The molecule has 0 heteroatoms. The minimum absolute atomic E-state index is 1.07. The van der Waals surface area contributed by atoms with E-state index in [9.17, 15) is 0 Å². The van der Waals surface area contributed by atoms with Crippen LogP contribution in [0.3, 0.4) is 0 Å². The Kier molecular flexibility index (Phi) is 7.34. The van der Waals surface area contributed by atoms with Crippen LogP contribution in [0.1, 0.15) is 39.2 Å². The van der Waals surface area contributed by atoms with Crippen LogP contribution < -0.4 is 0 Å². The predicted octanol–water partition coefficient (Wildman–Crippen LogP) is 5.95. The molecule has 0 spiro atoms. The molecule has 0 heterocycles. The largest absolute Gasteiger partial charge is 0.0871 e. The second-order valence-electron chi connectivity index (χ2n) is 4.54. The first-order chi connectivity index (χ1) is 9.27. The Balaban J connectivity index is 2.63. The van der Waals surface area contributed by atoms with Crippen LogP contribution in [-0.2, 0) is 0 Å². The zero-order valence-corrected chi connectivity index (χ0v) is 12.3. The third-order valence-corrected chi connectivity index (χ3v) is 2.99. The molecule has 0 N–H and O–H groups in total. The predicted molar refractivity (Wildman–Crippen MR) is 87.0 cm³/mol. The lowest BCUT2D eigenvalue weighted by atomic mass is 10.0.